The van der Waals surface area contributed by atoms with E-state index in [-0.39, 0.29) is 0 Å². The third-order valence-electron chi connectivity index (χ3n) is 1.23. The molecule has 0 amide bonds. The number of phosphoric acid groups is 1. The lowest BCUT2D eigenvalue weighted by molar-refractivity contribution is 0.153. The maximum absolute atomic E-state index is 11.2. The van der Waals surface area contributed by atoms with Crippen LogP contribution in [0, 0.1) is 0 Å². The molecule has 0 atom stereocenters. The van der Waals surface area contributed by atoms with Gasteiger partial charge in [-0.3, -0.25) is 13.6 Å². The van der Waals surface area contributed by atoms with Crippen LogP contribution in [0.2, 0.25) is 0 Å². The molecule has 0 aromatic rings. The summed E-state index contributed by atoms with van der Waals surface area (Å²) >= 11 is 0. The van der Waals surface area contributed by atoms with Crippen molar-refractivity contribution in [3.63, 3.8) is 0 Å². The zero-order chi connectivity index (χ0) is 9.61. The van der Waals surface area contributed by atoms with Crippen LogP contribution in [0.4, 0.5) is 0 Å². The van der Waals surface area contributed by atoms with Crippen LogP contribution >= 0.6 is 7.82 Å². The first-order valence-electron chi connectivity index (χ1n) is 3.54. The first kappa shape index (κ1) is 11.8. The van der Waals surface area contributed by atoms with Crippen molar-refractivity contribution in [2.75, 3.05) is 20.8 Å². The van der Waals surface area contributed by atoms with Crippen molar-refractivity contribution < 1.29 is 18.1 Å². The van der Waals surface area contributed by atoms with Gasteiger partial charge < -0.3 is 0 Å². The smallest absolute Gasteiger partial charge is 0.290 e. The molecule has 0 saturated carbocycles. The Hall–Kier alpha value is -0.150. The molecule has 0 bridgehead atoms. The Morgan fingerprint density at radius 3 is 2.25 bits per heavy atom. The molecule has 0 aliphatic rings. The van der Waals surface area contributed by atoms with Gasteiger partial charge in [0.1, 0.15) is 0 Å². The number of phosphoric ester groups is 1. The van der Waals surface area contributed by atoms with Crippen molar-refractivity contribution >= 4 is 7.82 Å². The Morgan fingerprint density at radius 1 is 1.42 bits per heavy atom. The molecule has 0 rings (SSSR count). The van der Waals surface area contributed by atoms with Gasteiger partial charge in [-0.15, -0.1) is 6.58 Å². The first-order valence-corrected chi connectivity index (χ1v) is 5.00. The third kappa shape index (κ3) is 4.67. The fourth-order valence-electron chi connectivity index (χ4n) is 0.512. The van der Waals surface area contributed by atoms with Gasteiger partial charge in [0.05, 0.1) is 6.61 Å². The van der Waals surface area contributed by atoms with Gasteiger partial charge in [-0.1, -0.05) is 5.57 Å². The van der Waals surface area contributed by atoms with Crippen LogP contribution in [-0.2, 0) is 18.1 Å². The molecular weight excluding hydrogens is 179 g/mol. The molecule has 0 aliphatic carbocycles. The van der Waals surface area contributed by atoms with Crippen LogP contribution < -0.4 is 0 Å². The maximum Gasteiger partial charge on any atom is 0.474 e. The molecule has 0 aromatic carbocycles. The molecule has 0 aliphatic heterocycles. The summed E-state index contributed by atoms with van der Waals surface area (Å²) in [4.78, 5) is 0. The van der Waals surface area contributed by atoms with Gasteiger partial charge in [0.25, 0.3) is 0 Å². The minimum absolute atomic E-state index is 0.300. The fourth-order valence-corrected chi connectivity index (χ4v) is 1.19. The Morgan fingerprint density at radius 2 is 1.92 bits per heavy atom. The van der Waals surface area contributed by atoms with E-state index in [0.29, 0.717) is 13.0 Å². The molecule has 0 spiro atoms. The molecule has 0 heterocycles. The van der Waals surface area contributed by atoms with Gasteiger partial charge in [0.15, 0.2) is 0 Å². The summed E-state index contributed by atoms with van der Waals surface area (Å²) in [6.45, 7) is 5.84. The SMILES string of the molecule is C=C(C)CCOP(=O)(OC)OC. The van der Waals surface area contributed by atoms with Crippen LogP contribution in [0.15, 0.2) is 12.2 Å². The van der Waals surface area contributed by atoms with Crippen LogP contribution in [-0.4, -0.2) is 20.8 Å². The van der Waals surface area contributed by atoms with Crippen molar-refractivity contribution in [2.45, 2.75) is 13.3 Å². The minimum atomic E-state index is -3.28. The summed E-state index contributed by atoms with van der Waals surface area (Å²) in [5.74, 6) is 0. The summed E-state index contributed by atoms with van der Waals surface area (Å²) in [7, 11) is -0.713. The topological polar surface area (TPSA) is 44.8 Å². The maximum atomic E-state index is 11.2. The van der Waals surface area contributed by atoms with Gasteiger partial charge in [0, 0.05) is 14.2 Å². The van der Waals surface area contributed by atoms with Crippen LogP contribution in [0.1, 0.15) is 13.3 Å². The highest BCUT2D eigenvalue weighted by atomic mass is 31.2. The lowest BCUT2D eigenvalue weighted by Crippen LogP contribution is -1.97. The second kappa shape index (κ2) is 5.49. The van der Waals surface area contributed by atoms with Crippen molar-refractivity contribution in [3.8, 4) is 0 Å². The van der Waals surface area contributed by atoms with Crippen LogP contribution in [0.5, 0.6) is 0 Å². The highest BCUT2D eigenvalue weighted by Crippen LogP contribution is 2.47. The van der Waals surface area contributed by atoms with E-state index in [9.17, 15) is 4.57 Å². The van der Waals surface area contributed by atoms with E-state index < -0.39 is 7.82 Å². The van der Waals surface area contributed by atoms with Crippen molar-refractivity contribution in [3.05, 3.63) is 12.2 Å². The largest absolute Gasteiger partial charge is 0.474 e. The second-order valence-corrected chi connectivity index (χ2v) is 4.24. The van der Waals surface area contributed by atoms with E-state index in [0.717, 1.165) is 5.57 Å². The van der Waals surface area contributed by atoms with E-state index in [1.54, 1.807) is 0 Å². The van der Waals surface area contributed by atoms with E-state index in [1.807, 2.05) is 6.92 Å². The molecule has 0 radical (unpaired) electrons. The number of hydrogen-bond acceptors (Lipinski definition) is 4. The van der Waals surface area contributed by atoms with E-state index in [2.05, 4.69) is 15.6 Å². The van der Waals surface area contributed by atoms with E-state index >= 15 is 0 Å². The molecule has 72 valence electrons. The summed E-state index contributed by atoms with van der Waals surface area (Å²) in [6, 6.07) is 0. The van der Waals surface area contributed by atoms with Gasteiger partial charge in [0.2, 0.25) is 0 Å². The summed E-state index contributed by atoms with van der Waals surface area (Å²) < 4.78 is 25.2. The van der Waals surface area contributed by atoms with E-state index in [1.165, 1.54) is 14.2 Å². The molecule has 12 heavy (non-hydrogen) atoms. The fraction of sp³-hybridized carbons (Fsp3) is 0.714. The quantitative estimate of drug-likeness (QED) is 0.481. The van der Waals surface area contributed by atoms with Crippen molar-refractivity contribution in [1.82, 2.24) is 0 Å². The standard InChI is InChI=1S/C7H15O4P/c1-7(2)5-6-11-12(8,9-3)10-4/h1,5-6H2,2-4H3. The zero-order valence-corrected chi connectivity index (χ0v) is 8.60. The Kier molecular flexibility index (Phi) is 5.42. The van der Waals surface area contributed by atoms with Crippen molar-refractivity contribution in [2.24, 2.45) is 0 Å². The zero-order valence-electron chi connectivity index (χ0n) is 7.70. The van der Waals surface area contributed by atoms with Gasteiger partial charge in [-0.05, 0) is 13.3 Å². The summed E-state index contributed by atoms with van der Waals surface area (Å²) in [5.41, 5.74) is 0.966. The Bertz CT molecular complexity index is 182. The van der Waals surface area contributed by atoms with E-state index in [4.69, 9.17) is 4.52 Å². The van der Waals surface area contributed by atoms with Crippen LogP contribution in [0.3, 0.4) is 0 Å². The number of hydrogen-bond donors (Lipinski definition) is 0. The minimum Gasteiger partial charge on any atom is -0.290 e. The van der Waals surface area contributed by atoms with Gasteiger partial charge in [-0.2, -0.15) is 0 Å². The highest BCUT2D eigenvalue weighted by molar-refractivity contribution is 7.48. The molecule has 0 aromatic heterocycles. The molecule has 0 unspecified atom stereocenters. The molecule has 5 heteroatoms. The normalized spacial score (nSPS) is 11.6. The Balaban J connectivity index is 3.74. The monoisotopic (exact) mass is 194 g/mol. The Labute approximate surface area is 73.1 Å². The lowest BCUT2D eigenvalue weighted by Gasteiger charge is -2.12. The van der Waals surface area contributed by atoms with Gasteiger partial charge in [-0.25, -0.2) is 4.57 Å². The van der Waals surface area contributed by atoms with Crippen LogP contribution in [0.25, 0.3) is 0 Å². The molecule has 0 N–H and O–H groups in total. The molecule has 0 fully saturated rings. The summed E-state index contributed by atoms with van der Waals surface area (Å²) in [5, 5.41) is 0. The van der Waals surface area contributed by atoms with Crippen molar-refractivity contribution in [1.29, 1.82) is 0 Å². The van der Waals surface area contributed by atoms with Gasteiger partial charge >= 0.3 is 7.82 Å². The predicted octanol–water partition coefficient (Wildman–Crippen LogP) is 2.37. The predicted molar refractivity (Wildman–Crippen MR) is 47.0 cm³/mol. The third-order valence-corrected chi connectivity index (χ3v) is 2.62. The average Bonchev–Trinajstić information content (AvgIpc) is 2.03. The lowest BCUT2D eigenvalue weighted by atomic mass is 10.3. The average molecular weight is 194 g/mol. The number of rotatable bonds is 6. The second-order valence-electron chi connectivity index (χ2n) is 2.35. The molecular formula is C7H15O4P. The summed E-state index contributed by atoms with van der Waals surface area (Å²) in [6.07, 6.45) is 0.650. The molecule has 4 nitrogen and oxygen atoms in total. The molecule has 0 saturated heterocycles. The highest BCUT2D eigenvalue weighted by Gasteiger charge is 2.21. The first-order chi connectivity index (χ1) is 5.54.